The van der Waals surface area contributed by atoms with Crippen LogP contribution < -0.4 is 5.73 Å². The fourth-order valence-electron chi connectivity index (χ4n) is 0. The van der Waals surface area contributed by atoms with Crippen molar-refractivity contribution in [2.24, 2.45) is 11.7 Å². The van der Waals surface area contributed by atoms with E-state index < -0.39 is 0 Å². The smallest absolute Gasteiger partial charge is 0.0500 e. The Morgan fingerprint density at radius 1 is 1.50 bits per heavy atom. The summed E-state index contributed by atoms with van der Waals surface area (Å²) >= 11 is 3.97. The SMILES string of the molecule is CC(C)[C@@H](N)S. The van der Waals surface area contributed by atoms with Crippen LogP contribution in [-0.4, -0.2) is 5.37 Å². The number of hydrogen-bond donors (Lipinski definition) is 2. The minimum absolute atomic E-state index is 0.0463. The van der Waals surface area contributed by atoms with Crippen molar-refractivity contribution < 1.29 is 0 Å². The van der Waals surface area contributed by atoms with Crippen molar-refractivity contribution in [2.45, 2.75) is 19.2 Å². The van der Waals surface area contributed by atoms with Crippen molar-refractivity contribution in [1.29, 1.82) is 0 Å². The minimum atomic E-state index is 0.0463. The van der Waals surface area contributed by atoms with E-state index in [1.54, 1.807) is 0 Å². The molecule has 6 heavy (non-hydrogen) atoms. The summed E-state index contributed by atoms with van der Waals surface area (Å²) in [5.41, 5.74) is 5.30. The molecule has 1 nitrogen and oxygen atoms in total. The first-order valence-electron chi connectivity index (χ1n) is 2.08. The van der Waals surface area contributed by atoms with E-state index in [1.165, 1.54) is 0 Å². The van der Waals surface area contributed by atoms with E-state index in [0.29, 0.717) is 5.92 Å². The van der Waals surface area contributed by atoms with Crippen molar-refractivity contribution in [3.8, 4) is 0 Å². The van der Waals surface area contributed by atoms with Crippen molar-refractivity contribution in [2.75, 3.05) is 0 Å². The maximum atomic E-state index is 5.30. The summed E-state index contributed by atoms with van der Waals surface area (Å²) in [4.78, 5) is 0. The van der Waals surface area contributed by atoms with E-state index in [0.717, 1.165) is 0 Å². The van der Waals surface area contributed by atoms with E-state index in [4.69, 9.17) is 5.73 Å². The largest absolute Gasteiger partial charge is 0.319 e. The quantitative estimate of drug-likeness (QED) is 0.375. The van der Waals surface area contributed by atoms with E-state index in [1.807, 2.05) is 13.8 Å². The van der Waals surface area contributed by atoms with Gasteiger partial charge in [0.15, 0.2) is 0 Å². The van der Waals surface area contributed by atoms with Gasteiger partial charge in [0.05, 0.1) is 5.37 Å². The molecule has 1 atom stereocenters. The maximum Gasteiger partial charge on any atom is 0.0500 e. The van der Waals surface area contributed by atoms with Gasteiger partial charge in [0.2, 0.25) is 0 Å². The summed E-state index contributed by atoms with van der Waals surface area (Å²) in [7, 11) is 0. The van der Waals surface area contributed by atoms with Crippen LogP contribution in [0.2, 0.25) is 0 Å². The molecule has 0 saturated carbocycles. The van der Waals surface area contributed by atoms with Gasteiger partial charge in [-0.1, -0.05) is 13.8 Å². The molecule has 0 aromatic carbocycles. The highest BCUT2D eigenvalue weighted by atomic mass is 32.1. The molecule has 0 heterocycles. The summed E-state index contributed by atoms with van der Waals surface area (Å²) in [5, 5.41) is 0.0463. The van der Waals surface area contributed by atoms with Crippen LogP contribution >= 0.6 is 12.6 Å². The van der Waals surface area contributed by atoms with Crippen LogP contribution in [0.25, 0.3) is 0 Å². The Balaban J connectivity index is 2.99. The zero-order chi connectivity index (χ0) is 5.15. The van der Waals surface area contributed by atoms with Gasteiger partial charge in [0, 0.05) is 0 Å². The van der Waals surface area contributed by atoms with E-state index in [2.05, 4.69) is 12.6 Å². The van der Waals surface area contributed by atoms with Crippen LogP contribution in [0.1, 0.15) is 13.8 Å². The third-order valence-corrected chi connectivity index (χ3v) is 1.28. The minimum Gasteiger partial charge on any atom is -0.319 e. The van der Waals surface area contributed by atoms with Crippen molar-refractivity contribution in [3.63, 3.8) is 0 Å². The highest BCUT2D eigenvalue weighted by Gasteiger charge is 1.96. The molecule has 0 amide bonds. The normalized spacial score (nSPS) is 15.5. The third-order valence-electron chi connectivity index (χ3n) is 0.683. The van der Waals surface area contributed by atoms with E-state index in [-0.39, 0.29) is 5.37 Å². The Labute approximate surface area is 44.3 Å². The molecule has 0 fully saturated rings. The first kappa shape index (κ1) is 6.31. The lowest BCUT2D eigenvalue weighted by atomic mass is 10.2. The second kappa shape index (κ2) is 2.48. The van der Waals surface area contributed by atoms with Gasteiger partial charge in [-0.3, -0.25) is 0 Å². The maximum absolute atomic E-state index is 5.30. The highest BCUT2D eigenvalue weighted by molar-refractivity contribution is 7.80. The first-order chi connectivity index (χ1) is 2.64. The van der Waals surface area contributed by atoms with Gasteiger partial charge in [0.25, 0.3) is 0 Å². The molecule has 0 unspecified atom stereocenters. The average Bonchev–Trinajstić information content (AvgIpc) is 1.36. The Bertz CT molecular complexity index is 28.5. The molecule has 0 bridgehead atoms. The number of thiol groups is 1. The topological polar surface area (TPSA) is 26.0 Å². The Hall–Kier alpha value is 0.310. The zero-order valence-corrected chi connectivity index (χ0v) is 5.07. The summed E-state index contributed by atoms with van der Waals surface area (Å²) in [5.74, 6) is 0.494. The standard InChI is InChI=1S/C4H11NS/c1-3(2)4(5)6/h3-4,6H,5H2,1-2H3/t4-/m0/s1. The predicted molar refractivity (Wildman–Crippen MR) is 31.8 cm³/mol. The van der Waals surface area contributed by atoms with Crippen LogP contribution in [0, 0.1) is 5.92 Å². The van der Waals surface area contributed by atoms with Crippen molar-refractivity contribution >= 4 is 12.6 Å². The molecule has 0 aromatic rings. The molecule has 0 aliphatic rings. The lowest BCUT2D eigenvalue weighted by Gasteiger charge is -2.04. The molecule has 2 heteroatoms. The Kier molecular flexibility index (Phi) is 2.61. The Morgan fingerprint density at radius 3 is 1.67 bits per heavy atom. The molecule has 0 aliphatic carbocycles. The molecule has 0 aromatic heterocycles. The lowest BCUT2D eigenvalue weighted by Crippen LogP contribution is -2.18. The zero-order valence-electron chi connectivity index (χ0n) is 4.18. The molecule has 0 spiro atoms. The first-order valence-corrected chi connectivity index (χ1v) is 2.60. The van der Waals surface area contributed by atoms with Crippen molar-refractivity contribution in [1.82, 2.24) is 0 Å². The van der Waals surface area contributed by atoms with Crippen molar-refractivity contribution in [3.05, 3.63) is 0 Å². The van der Waals surface area contributed by atoms with E-state index >= 15 is 0 Å². The second-order valence-corrected chi connectivity index (χ2v) is 2.33. The molecule has 0 rings (SSSR count). The lowest BCUT2D eigenvalue weighted by molar-refractivity contribution is 0.627. The van der Waals surface area contributed by atoms with E-state index in [9.17, 15) is 0 Å². The van der Waals surface area contributed by atoms with Gasteiger partial charge < -0.3 is 5.73 Å². The fourth-order valence-corrected chi connectivity index (χ4v) is 0. The van der Waals surface area contributed by atoms with Gasteiger partial charge in [-0.05, 0) is 5.92 Å². The number of rotatable bonds is 1. The van der Waals surface area contributed by atoms with Gasteiger partial charge in [0.1, 0.15) is 0 Å². The molecule has 0 radical (unpaired) electrons. The van der Waals surface area contributed by atoms with Crippen LogP contribution in [0.3, 0.4) is 0 Å². The second-order valence-electron chi connectivity index (χ2n) is 1.73. The molecule has 0 aliphatic heterocycles. The Morgan fingerprint density at radius 2 is 1.67 bits per heavy atom. The summed E-state index contributed by atoms with van der Waals surface area (Å²) in [6.07, 6.45) is 0. The number of hydrogen-bond acceptors (Lipinski definition) is 2. The van der Waals surface area contributed by atoms with Gasteiger partial charge >= 0.3 is 0 Å². The van der Waals surface area contributed by atoms with Gasteiger partial charge in [-0.2, -0.15) is 12.6 Å². The van der Waals surface area contributed by atoms with Gasteiger partial charge in [-0.15, -0.1) is 0 Å². The molecule has 2 N–H and O–H groups in total. The number of nitrogens with two attached hydrogens (primary N) is 1. The van der Waals surface area contributed by atoms with Crippen LogP contribution in [0.4, 0.5) is 0 Å². The van der Waals surface area contributed by atoms with Crippen LogP contribution in [0.5, 0.6) is 0 Å². The van der Waals surface area contributed by atoms with Crippen LogP contribution in [-0.2, 0) is 0 Å². The third kappa shape index (κ3) is 2.54. The van der Waals surface area contributed by atoms with Crippen LogP contribution in [0.15, 0.2) is 0 Å². The average molecular weight is 105 g/mol. The predicted octanol–water partition coefficient (Wildman–Crippen LogP) is 0.857. The fraction of sp³-hybridized carbons (Fsp3) is 1.00. The van der Waals surface area contributed by atoms with Gasteiger partial charge in [-0.25, -0.2) is 0 Å². The molecular weight excluding hydrogens is 94.1 g/mol. The summed E-state index contributed by atoms with van der Waals surface area (Å²) in [6, 6.07) is 0. The summed E-state index contributed by atoms with van der Waals surface area (Å²) in [6.45, 7) is 4.08. The highest BCUT2D eigenvalue weighted by Crippen LogP contribution is 1.99. The molecule has 0 saturated heterocycles. The summed E-state index contributed by atoms with van der Waals surface area (Å²) < 4.78 is 0. The monoisotopic (exact) mass is 105 g/mol. The molecular formula is C4H11NS. The molecule has 38 valence electrons.